The Morgan fingerprint density at radius 2 is 1.61 bits per heavy atom. The molecule has 0 amide bonds. The predicted octanol–water partition coefficient (Wildman–Crippen LogP) is 4.75. The van der Waals surface area contributed by atoms with E-state index in [2.05, 4.69) is 74.1 Å². The van der Waals surface area contributed by atoms with Crippen molar-refractivity contribution >= 4 is 17.3 Å². The molecule has 154 valence electrons. The first-order valence-corrected chi connectivity index (χ1v) is 10.7. The lowest BCUT2D eigenvalue weighted by molar-refractivity contribution is 0.299. The van der Waals surface area contributed by atoms with E-state index in [1.54, 1.807) is 0 Å². The van der Waals surface area contributed by atoms with Crippen LogP contribution in [0, 0.1) is 6.92 Å². The second-order valence-electron chi connectivity index (χ2n) is 7.65. The minimum atomic E-state index is -0.0609. The molecule has 1 fully saturated rings. The van der Waals surface area contributed by atoms with Crippen molar-refractivity contribution in [3.8, 4) is 5.69 Å². The minimum absolute atomic E-state index is 0.0293. The van der Waals surface area contributed by atoms with Crippen molar-refractivity contribution in [2.75, 3.05) is 0 Å². The van der Waals surface area contributed by atoms with Crippen molar-refractivity contribution in [2.45, 2.75) is 25.6 Å². The smallest absolute Gasteiger partial charge is 0.170 e. The first-order chi connectivity index (χ1) is 15.2. The molecule has 0 bridgehead atoms. The fourth-order valence-corrected chi connectivity index (χ4v) is 4.59. The van der Waals surface area contributed by atoms with Gasteiger partial charge in [0.1, 0.15) is 0 Å². The quantitative estimate of drug-likeness (QED) is 0.468. The summed E-state index contributed by atoms with van der Waals surface area (Å²) in [5.74, 6) is 0. The van der Waals surface area contributed by atoms with E-state index in [0.29, 0.717) is 11.7 Å². The highest BCUT2D eigenvalue weighted by Gasteiger charge is 2.41. The van der Waals surface area contributed by atoms with Gasteiger partial charge in [0.2, 0.25) is 0 Å². The van der Waals surface area contributed by atoms with Gasteiger partial charge in [-0.15, -0.1) is 0 Å². The molecule has 1 N–H and O–H groups in total. The molecule has 31 heavy (non-hydrogen) atoms. The van der Waals surface area contributed by atoms with Crippen LogP contribution in [-0.4, -0.2) is 24.5 Å². The Kier molecular flexibility index (Phi) is 5.22. The Labute approximate surface area is 187 Å². The standard InChI is InChI=1S/C25H23N5S/c1-18-13-14-22(30(18)20-10-3-2-4-11-20)24-23(21-12-6-8-16-27-21)28-25(31)29(24)17-19-9-5-7-15-26-19/h2-16,23-24H,17H2,1H3,(H,28,31)/t23-,24+/m0/s1. The van der Waals surface area contributed by atoms with Crippen molar-refractivity contribution < 1.29 is 0 Å². The van der Waals surface area contributed by atoms with Crippen LogP contribution in [0.3, 0.4) is 0 Å². The first-order valence-electron chi connectivity index (χ1n) is 10.3. The summed E-state index contributed by atoms with van der Waals surface area (Å²) >= 11 is 5.81. The van der Waals surface area contributed by atoms with E-state index in [1.165, 1.54) is 11.4 Å². The number of para-hydroxylation sites is 1. The van der Waals surface area contributed by atoms with Crippen molar-refractivity contribution in [2.24, 2.45) is 0 Å². The van der Waals surface area contributed by atoms with Gasteiger partial charge < -0.3 is 14.8 Å². The number of rotatable bonds is 5. The number of benzene rings is 1. The number of hydrogen-bond donors (Lipinski definition) is 1. The Bertz CT molecular complexity index is 1170. The third-order valence-corrected chi connectivity index (χ3v) is 6.03. The molecule has 0 saturated carbocycles. The van der Waals surface area contributed by atoms with Gasteiger partial charge in [0.15, 0.2) is 5.11 Å². The molecule has 5 rings (SSSR count). The van der Waals surface area contributed by atoms with Crippen LogP contribution in [-0.2, 0) is 6.54 Å². The second kappa shape index (κ2) is 8.32. The average Bonchev–Trinajstić information content (AvgIpc) is 3.35. The number of aromatic nitrogens is 3. The minimum Gasteiger partial charge on any atom is -0.352 e. The lowest BCUT2D eigenvalue weighted by Gasteiger charge is -2.29. The van der Waals surface area contributed by atoms with Crippen LogP contribution in [0.25, 0.3) is 5.69 Å². The Balaban J connectivity index is 1.63. The highest BCUT2D eigenvalue weighted by Crippen LogP contribution is 2.40. The van der Waals surface area contributed by atoms with Crippen molar-refractivity contribution in [1.82, 2.24) is 24.8 Å². The molecule has 0 spiro atoms. The van der Waals surface area contributed by atoms with Crippen LogP contribution in [0.1, 0.15) is 34.9 Å². The summed E-state index contributed by atoms with van der Waals surface area (Å²) in [5, 5.41) is 4.24. The summed E-state index contributed by atoms with van der Waals surface area (Å²) in [6.07, 6.45) is 3.66. The van der Waals surface area contributed by atoms with Crippen LogP contribution in [0.4, 0.5) is 0 Å². The molecular formula is C25H23N5S. The SMILES string of the molecule is Cc1ccc([C@@H]2[C@H](c3ccccn3)NC(=S)N2Cc2ccccn2)n1-c1ccccc1. The van der Waals surface area contributed by atoms with E-state index in [-0.39, 0.29) is 12.1 Å². The van der Waals surface area contributed by atoms with Gasteiger partial charge >= 0.3 is 0 Å². The lowest BCUT2D eigenvalue weighted by atomic mass is 10.0. The van der Waals surface area contributed by atoms with Crippen LogP contribution in [0.15, 0.2) is 91.3 Å². The Morgan fingerprint density at radius 3 is 2.32 bits per heavy atom. The molecule has 1 aliphatic heterocycles. The second-order valence-corrected chi connectivity index (χ2v) is 8.03. The van der Waals surface area contributed by atoms with Gasteiger partial charge in [0, 0.05) is 29.5 Å². The monoisotopic (exact) mass is 425 g/mol. The van der Waals surface area contributed by atoms with Gasteiger partial charge in [-0.25, -0.2) is 0 Å². The Morgan fingerprint density at radius 1 is 0.871 bits per heavy atom. The number of thiocarbonyl (C=S) groups is 1. The van der Waals surface area contributed by atoms with E-state index < -0.39 is 0 Å². The molecule has 1 aliphatic rings. The van der Waals surface area contributed by atoms with Gasteiger partial charge in [-0.3, -0.25) is 9.97 Å². The molecule has 1 aromatic carbocycles. The molecule has 0 radical (unpaired) electrons. The van der Waals surface area contributed by atoms with Gasteiger partial charge in [0.25, 0.3) is 0 Å². The van der Waals surface area contributed by atoms with Crippen LogP contribution < -0.4 is 5.32 Å². The van der Waals surface area contributed by atoms with Crippen molar-refractivity contribution in [3.05, 3.63) is 114 Å². The van der Waals surface area contributed by atoms with E-state index >= 15 is 0 Å². The highest BCUT2D eigenvalue weighted by molar-refractivity contribution is 7.80. The lowest BCUT2D eigenvalue weighted by Crippen LogP contribution is -2.30. The van der Waals surface area contributed by atoms with Crippen LogP contribution in [0.5, 0.6) is 0 Å². The summed E-state index contributed by atoms with van der Waals surface area (Å²) in [5.41, 5.74) is 5.43. The molecule has 4 aromatic rings. The fraction of sp³-hybridized carbons (Fsp3) is 0.160. The number of hydrogen-bond acceptors (Lipinski definition) is 3. The summed E-state index contributed by atoms with van der Waals surface area (Å²) in [6, 6.07) is 26.7. The third kappa shape index (κ3) is 3.70. The molecule has 1 saturated heterocycles. The number of nitrogens with one attached hydrogen (secondary N) is 1. The number of nitrogens with zero attached hydrogens (tertiary/aromatic N) is 4. The molecule has 2 atom stereocenters. The zero-order valence-corrected chi connectivity index (χ0v) is 18.0. The Hall–Kier alpha value is -3.51. The molecular weight excluding hydrogens is 402 g/mol. The predicted molar refractivity (Wildman–Crippen MR) is 126 cm³/mol. The summed E-state index contributed by atoms with van der Waals surface area (Å²) in [4.78, 5) is 11.4. The van der Waals surface area contributed by atoms with Crippen LogP contribution in [0.2, 0.25) is 0 Å². The number of pyridine rings is 2. The maximum atomic E-state index is 5.81. The molecule has 5 nitrogen and oxygen atoms in total. The summed E-state index contributed by atoms with van der Waals surface area (Å²) < 4.78 is 2.31. The van der Waals surface area contributed by atoms with Gasteiger partial charge in [-0.1, -0.05) is 30.3 Å². The van der Waals surface area contributed by atoms with Crippen molar-refractivity contribution in [1.29, 1.82) is 0 Å². The zero-order chi connectivity index (χ0) is 21.2. The molecule has 4 heterocycles. The zero-order valence-electron chi connectivity index (χ0n) is 17.2. The molecule has 3 aromatic heterocycles. The number of aryl methyl sites for hydroxylation is 1. The van der Waals surface area contributed by atoms with E-state index in [4.69, 9.17) is 12.2 Å². The normalized spacial score (nSPS) is 18.2. The molecule has 6 heteroatoms. The third-order valence-electron chi connectivity index (χ3n) is 5.68. The topological polar surface area (TPSA) is 46.0 Å². The molecule has 0 unspecified atom stereocenters. The van der Waals surface area contributed by atoms with Crippen LogP contribution >= 0.6 is 12.2 Å². The van der Waals surface area contributed by atoms with E-state index in [9.17, 15) is 0 Å². The van der Waals surface area contributed by atoms with E-state index in [1.807, 2.05) is 48.8 Å². The average molecular weight is 426 g/mol. The first kappa shape index (κ1) is 19.5. The maximum absolute atomic E-state index is 5.81. The summed E-state index contributed by atoms with van der Waals surface area (Å²) in [6.45, 7) is 2.76. The van der Waals surface area contributed by atoms with Gasteiger partial charge in [-0.2, -0.15) is 0 Å². The van der Waals surface area contributed by atoms with E-state index in [0.717, 1.165) is 17.1 Å². The summed E-state index contributed by atoms with van der Waals surface area (Å²) in [7, 11) is 0. The van der Waals surface area contributed by atoms with Gasteiger partial charge in [0.05, 0.1) is 30.0 Å². The fourth-order valence-electron chi connectivity index (χ4n) is 4.28. The highest BCUT2D eigenvalue weighted by atomic mass is 32.1. The maximum Gasteiger partial charge on any atom is 0.170 e. The molecule has 0 aliphatic carbocycles. The largest absolute Gasteiger partial charge is 0.352 e. The van der Waals surface area contributed by atoms with Crippen molar-refractivity contribution in [3.63, 3.8) is 0 Å². The van der Waals surface area contributed by atoms with Gasteiger partial charge in [-0.05, 0) is 67.7 Å².